The van der Waals surface area contributed by atoms with Gasteiger partial charge in [-0.2, -0.15) is 0 Å². The van der Waals surface area contributed by atoms with E-state index in [0.717, 1.165) is 19.4 Å². The van der Waals surface area contributed by atoms with Crippen LogP contribution >= 0.6 is 11.6 Å². The Labute approximate surface area is 133 Å². The van der Waals surface area contributed by atoms with Gasteiger partial charge in [0.15, 0.2) is 9.84 Å². The van der Waals surface area contributed by atoms with Crippen molar-refractivity contribution >= 4 is 21.4 Å². The molecule has 0 radical (unpaired) electrons. The number of nitrogens with one attached hydrogen (secondary N) is 1. The van der Waals surface area contributed by atoms with Crippen molar-refractivity contribution in [3.05, 3.63) is 29.3 Å². The molecule has 2 rings (SSSR count). The van der Waals surface area contributed by atoms with Crippen LogP contribution in [0.15, 0.2) is 29.2 Å². The molecule has 1 aromatic carbocycles. The first-order valence-electron chi connectivity index (χ1n) is 7.52. The van der Waals surface area contributed by atoms with E-state index < -0.39 is 9.84 Å². The topological polar surface area (TPSA) is 46.2 Å². The van der Waals surface area contributed by atoms with E-state index >= 15 is 0 Å². The molecule has 0 saturated heterocycles. The summed E-state index contributed by atoms with van der Waals surface area (Å²) in [7, 11) is -3.36. The number of sulfone groups is 1. The zero-order chi connectivity index (χ0) is 15.7. The van der Waals surface area contributed by atoms with E-state index in [4.69, 9.17) is 11.6 Å². The molecule has 0 bridgehead atoms. The Morgan fingerprint density at radius 3 is 2.71 bits per heavy atom. The van der Waals surface area contributed by atoms with Crippen LogP contribution in [0.2, 0.25) is 5.02 Å². The number of halogens is 1. The van der Waals surface area contributed by atoms with Crippen molar-refractivity contribution in [1.29, 1.82) is 0 Å². The Hall–Kier alpha value is -0.580. The van der Waals surface area contributed by atoms with Gasteiger partial charge in [0.2, 0.25) is 0 Å². The molecule has 2 atom stereocenters. The van der Waals surface area contributed by atoms with Gasteiger partial charge in [-0.05, 0) is 49.4 Å². The maximum atomic E-state index is 12.9. The molecule has 1 aliphatic rings. The molecule has 5 heteroatoms. The van der Waals surface area contributed by atoms with Crippen LogP contribution in [0.4, 0.5) is 0 Å². The summed E-state index contributed by atoms with van der Waals surface area (Å²) >= 11 is 5.95. The van der Waals surface area contributed by atoms with E-state index in [9.17, 15) is 8.42 Å². The first-order valence-corrected chi connectivity index (χ1v) is 9.44. The lowest BCUT2D eigenvalue weighted by Gasteiger charge is -2.31. The summed E-state index contributed by atoms with van der Waals surface area (Å²) in [6.45, 7) is 7.23. The van der Waals surface area contributed by atoms with Crippen molar-refractivity contribution in [2.24, 2.45) is 5.41 Å². The third-order valence-electron chi connectivity index (χ3n) is 4.42. The molecule has 118 valence electrons. The quantitative estimate of drug-likeness (QED) is 0.896. The summed E-state index contributed by atoms with van der Waals surface area (Å²) in [5, 5.41) is 3.54. The smallest absolute Gasteiger partial charge is 0.182 e. The van der Waals surface area contributed by atoms with Gasteiger partial charge in [-0.1, -0.05) is 38.4 Å². The first-order chi connectivity index (χ1) is 9.79. The zero-order valence-electron chi connectivity index (χ0n) is 12.9. The Bertz CT molecular complexity index is 598. The molecule has 3 nitrogen and oxygen atoms in total. The second kappa shape index (κ2) is 6.27. The lowest BCUT2D eigenvalue weighted by atomic mass is 9.87. The second-order valence-electron chi connectivity index (χ2n) is 6.50. The third-order valence-corrected chi connectivity index (χ3v) is 6.88. The molecular formula is C16H24ClNO2S. The van der Waals surface area contributed by atoms with Crippen molar-refractivity contribution in [3.63, 3.8) is 0 Å². The molecule has 0 heterocycles. The average molecular weight is 330 g/mol. The normalized spacial score (nSPS) is 25.1. The summed E-state index contributed by atoms with van der Waals surface area (Å²) in [5.74, 6) is 0. The maximum absolute atomic E-state index is 12.9. The molecule has 0 aromatic heterocycles. The largest absolute Gasteiger partial charge is 0.312 e. The fourth-order valence-electron chi connectivity index (χ4n) is 3.20. The van der Waals surface area contributed by atoms with Crippen LogP contribution in [-0.2, 0) is 9.84 Å². The SMILES string of the molecule is CCCNC1C(S(=O)(=O)c2cccc(Cl)c2)CCC1(C)C. The van der Waals surface area contributed by atoms with Gasteiger partial charge in [-0.25, -0.2) is 8.42 Å². The molecule has 1 fully saturated rings. The van der Waals surface area contributed by atoms with Crippen LogP contribution in [0.5, 0.6) is 0 Å². The van der Waals surface area contributed by atoms with Crippen LogP contribution in [0, 0.1) is 5.41 Å². The van der Waals surface area contributed by atoms with E-state index in [0.29, 0.717) is 16.3 Å². The van der Waals surface area contributed by atoms with Crippen LogP contribution < -0.4 is 5.32 Å². The summed E-state index contributed by atoms with van der Waals surface area (Å²) in [6, 6.07) is 6.58. The Morgan fingerprint density at radius 2 is 2.10 bits per heavy atom. The van der Waals surface area contributed by atoms with Crippen LogP contribution in [-0.4, -0.2) is 26.3 Å². The minimum absolute atomic E-state index is 0.00845. The lowest BCUT2D eigenvalue weighted by Crippen LogP contribution is -2.47. The minimum atomic E-state index is -3.36. The number of hydrogen-bond donors (Lipinski definition) is 1. The highest BCUT2D eigenvalue weighted by molar-refractivity contribution is 7.92. The summed E-state index contributed by atoms with van der Waals surface area (Å²) < 4.78 is 25.9. The molecule has 1 aromatic rings. The first kappa shape index (κ1) is 16.8. The number of rotatable bonds is 5. The van der Waals surface area contributed by atoms with Crippen LogP contribution in [0.3, 0.4) is 0 Å². The molecule has 21 heavy (non-hydrogen) atoms. The van der Waals surface area contributed by atoms with Crippen molar-refractivity contribution < 1.29 is 8.42 Å². The van der Waals surface area contributed by atoms with Gasteiger partial charge in [0, 0.05) is 11.1 Å². The second-order valence-corrected chi connectivity index (χ2v) is 9.10. The fourth-order valence-corrected chi connectivity index (χ4v) is 5.62. The molecule has 0 amide bonds. The zero-order valence-corrected chi connectivity index (χ0v) is 14.5. The van der Waals surface area contributed by atoms with Gasteiger partial charge in [0.1, 0.15) is 0 Å². The Morgan fingerprint density at radius 1 is 1.38 bits per heavy atom. The molecule has 1 N–H and O–H groups in total. The van der Waals surface area contributed by atoms with E-state index in [1.807, 2.05) is 0 Å². The predicted molar refractivity (Wildman–Crippen MR) is 87.5 cm³/mol. The van der Waals surface area contributed by atoms with Gasteiger partial charge in [0.25, 0.3) is 0 Å². The molecule has 2 unspecified atom stereocenters. The van der Waals surface area contributed by atoms with Crippen LogP contribution in [0.1, 0.15) is 40.0 Å². The van der Waals surface area contributed by atoms with Crippen molar-refractivity contribution in [2.75, 3.05) is 6.54 Å². The number of hydrogen-bond acceptors (Lipinski definition) is 3. The van der Waals surface area contributed by atoms with Gasteiger partial charge in [-0.3, -0.25) is 0 Å². The van der Waals surface area contributed by atoms with Crippen molar-refractivity contribution in [3.8, 4) is 0 Å². The van der Waals surface area contributed by atoms with E-state index in [-0.39, 0.29) is 16.7 Å². The fraction of sp³-hybridized carbons (Fsp3) is 0.625. The highest BCUT2D eigenvalue weighted by atomic mass is 35.5. The Balaban J connectivity index is 2.34. The van der Waals surface area contributed by atoms with Gasteiger partial charge in [-0.15, -0.1) is 0 Å². The standard InChI is InChI=1S/C16H24ClNO2S/c1-4-10-18-15-14(8-9-16(15,2)3)21(19,20)13-7-5-6-12(17)11-13/h5-7,11,14-15,18H,4,8-10H2,1-3H3. The van der Waals surface area contributed by atoms with Crippen molar-refractivity contribution in [2.45, 2.75) is 56.2 Å². The molecular weight excluding hydrogens is 306 g/mol. The van der Waals surface area contributed by atoms with E-state index in [1.54, 1.807) is 24.3 Å². The maximum Gasteiger partial charge on any atom is 0.182 e. The molecule has 0 aliphatic heterocycles. The Kier molecular flexibility index (Phi) is 5.01. The molecule has 0 spiro atoms. The molecule has 1 saturated carbocycles. The van der Waals surface area contributed by atoms with E-state index in [1.165, 1.54) is 0 Å². The highest BCUT2D eigenvalue weighted by Gasteiger charge is 2.47. The monoisotopic (exact) mass is 329 g/mol. The van der Waals surface area contributed by atoms with Crippen molar-refractivity contribution in [1.82, 2.24) is 5.32 Å². The van der Waals surface area contributed by atoms with E-state index in [2.05, 4.69) is 26.1 Å². The number of benzene rings is 1. The summed E-state index contributed by atoms with van der Waals surface area (Å²) in [6.07, 6.45) is 2.61. The summed E-state index contributed by atoms with van der Waals surface area (Å²) in [4.78, 5) is 0.334. The average Bonchev–Trinajstić information content (AvgIpc) is 2.72. The molecule has 1 aliphatic carbocycles. The van der Waals surface area contributed by atoms with Crippen LogP contribution in [0.25, 0.3) is 0 Å². The third kappa shape index (κ3) is 3.43. The van der Waals surface area contributed by atoms with Gasteiger partial charge in [0.05, 0.1) is 10.1 Å². The highest BCUT2D eigenvalue weighted by Crippen LogP contribution is 2.42. The lowest BCUT2D eigenvalue weighted by molar-refractivity contribution is 0.285. The predicted octanol–water partition coefficient (Wildman–Crippen LogP) is 3.67. The van der Waals surface area contributed by atoms with Gasteiger partial charge < -0.3 is 5.32 Å². The minimum Gasteiger partial charge on any atom is -0.312 e. The summed E-state index contributed by atoms with van der Waals surface area (Å²) in [5.41, 5.74) is -0.00845. The van der Waals surface area contributed by atoms with Gasteiger partial charge >= 0.3 is 0 Å².